The minimum Gasteiger partial charge on any atom is -0.389 e. The first-order valence-corrected chi connectivity index (χ1v) is 7.90. The van der Waals surface area contributed by atoms with Crippen molar-refractivity contribution >= 4 is 11.3 Å². The van der Waals surface area contributed by atoms with Gasteiger partial charge in [0.25, 0.3) is 0 Å². The monoisotopic (exact) mass is 268 g/mol. The molecular formula is C14H24N2OS. The summed E-state index contributed by atoms with van der Waals surface area (Å²) >= 11 is 1.72. The Labute approximate surface area is 114 Å². The lowest BCUT2D eigenvalue weighted by Gasteiger charge is -2.26. The van der Waals surface area contributed by atoms with Crippen LogP contribution in [0.2, 0.25) is 0 Å². The molecule has 0 radical (unpaired) electrons. The van der Waals surface area contributed by atoms with Gasteiger partial charge in [0, 0.05) is 18.0 Å². The summed E-state index contributed by atoms with van der Waals surface area (Å²) in [5, 5.41) is 13.9. The Morgan fingerprint density at radius 2 is 2.06 bits per heavy atom. The second kappa shape index (κ2) is 6.64. The molecule has 0 unspecified atom stereocenters. The normalized spacial score (nSPS) is 19.7. The van der Waals surface area contributed by atoms with Gasteiger partial charge >= 0.3 is 0 Å². The highest BCUT2D eigenvalue weighted by Crippen LogP contribution is 2.26. The van der Waals surface area contributed by atoms with Crippen LogP contribution in [0, 0.1) is 6.92 Å². The maximum atomic E-state index is 10.5. The van der Waals surface area contributed by atoms with E-state index in [1.807, 2.05) is 5.51 Å². The predicted molar refractivity (Wildman–Crippen MR) is 76.1 cm³/mol. The van der Waals surface area contributed by atoms with Gasteiger partial charge in [-0.3, -0.25) is 0 Å². The van der Waals surface area contributed by atoms with Crippen LogP contribution in [0.5, 0.6) is 0 Å². The number of nitrogens with zero attached hydrogens (tertiary/aromatic N) is 1. The van der Waals surface area contributed by atoms with Crippen molar-refractivity contribution in [2.45, 2.75) is 57.5 Å². The first kappa shape index (κ1) is 14.0. The fourth-order valence-electron chi connectivity index (χ4n) is 2.65. The number of nitrogens with one attached hydrogen (secondary N) is 1. The molecule has 102 valence electrons. The van der Waals surface area contributed by atoms with Crippen molar-refractivity contribution in [2.24, 2.45) is 0 Å². The third-order valence-electron chi connectivity index (χ3n) is 3.86. The molecule has 0 aromatic carbocycles. The molecule has 18 heavy (non-hydrogen) atoms. The lowest BCUT2D eigenvalue weighted by molar-refractivity contribution is 0.0256. The fraction of sp³-hybridized carbons (Fsp3) is 0.786. The topological polar surface area (TPSA) is 45.2 Å². The molecule has 4 heteroatoms. The molecule has 1 aromatic rings. The highest BCUT2D eigenvalue weighted by atomic mass is 32.1. The summed E-state index contributed by atoms with van der Waals surface area (Å²) in [4.78, 5) is 5.61. The molecule has 1 saturated carbocycles. The lowest BCUT2D eigenvalue weighted by Crippen LogP contribution is -2.40. The maximum Gasteiger partial charge on any atom is 0.0797 e. The number of aryl methyl sites for hydroxylation is 1. The molecule has 1 aromatic heterocycles. The van der Waals surface area contributed by atoms with E-state index in [2.05, 4.69) is 17.2 Å². The van der Waals surface area contributed by atoms with Crippen molar-refractivity contribution in [1.82, 2.24) is 10.3 Å². The van der Waals surface area contributed by atoms with Crippen LogP contribution in [0.4, 0.5) is 0 Å². The molecule has 0 bridgehead atoms. The van der Waals surface area contributed by atoms with Crippen LogP contribution in [0.15, 0.2) is 5.51 Å². The SMILES string of the molecule is Cc1ncsc1CCNCC1(O)CCCCCC1. The third kappa shape index (κ3) is 4.04. The van der Waals surface area contributed by atoms with Crippen LogP contribution in [-0.2, 0) is 6.42 Å². The molecule has 2 rings (SSSR count). The lowest BCUT2D eigenvalue weighted by atomic mass is 9.94. The van der Waals surface area contributed by atoms with Crippen molar-refractivity contribution in [3.05, 3.63) is 16.1 Å². The van der Waals surface area contributed by atoms with E-state index in [0.29, 0.717) is 0 Å². The highest BCUT2D eigenvalue weighted by molar-refractivity contribution is 7.09. The molecule has 0 saturated heterocycles. The smallest absolute Gasteiger partial charge is 0.0797 e. The summed E-state index contributed by atoms with van der Waals surface area (Å²) in [6.07, 6.45) is 7.84. The molecule has 1 aliphatic rings. The zero-order valence-corrected chi connectivity index (χ0v) is 12.1. The van der Waals surface area contributed by atoms with E-state index in [-0.39, 0.29) is 0 Å². The molecule has 1 fully saturated rings. The van der Waals surface area contributed by atoms with Gasteiger partial charge in [-0.15, -0.1) is 11.3 Å². The number of hydrogen-bond acceptors (Lipinski definition) is 4. The van der Waals surface area contributed by atoms with Gasteiger partial charge in [-0.25, -0.2) is 4.98 Å². The Kier molecular flexibility index (Phi) is 5.15. The molecular weight excluding hydrogens is 244 g/mol. The van der Waals surface area contributed by atoms with Crippen molar-refractivity contribution < 1.29 is 5.11 Å². The molecule has 0 spiro atoms. The van der Waals surface area contributed by atoms with E-state index in [4.69, 9.17) is 0 Å². The molecule has 0 aliphatic heterocycles. The Bertz CT molecular complexity index is 356. The first-order valence-electron chi connectivity index (χ1n) is 7.02. The number of thiazole rings is 1. The quantitative estimate of drug-likeness (QED) is 0.637. The summed E-state index contributed by atoms with van der Waals surface area (Å²) in [6, 6.07) is 0. The van der Waals surface area contributed by atoms with Gasteiger partial charge in [-0.1, -0.05) is 25.7 Å². The number of aromatic nitrogens is 1. The van der Waals surface area contributed by atoms with Crippen LogP contribution in [0.3, 0.4) is 0 Å². The van der Waals surface area contributed by atoms with E-state index in [1.54, 1.807) is 11.3 Å². The number of rotatable bonds is 5. The van der Waals surface area contributed by atoms with Gasteiger partial charge < -0.3 is 10.4 Å². The van der Waals surface area contributed by atoms with E-state index >= 15 is 0 Å². The van der Waals surface area contributed by atoms with Gasteiger partial charge in [0.15, 0.2) is 0 Å². The van der Waals surface area contributed by atoms with E-state index in [0.717, 1.165) is 38.0 Å². The standard InChI is InChI=1S/C14H24N2OS/c1-12-13(18-11-16-12)6-9-15-10-14(17)7-4-2-3-5-8-14/h11,15,17H,2-10H2,1H3. The second-order valence-corrected chi connectivity index (χ2v) is 6.37. The molecule has 1 heterocycles. The van der Waals surface area contributed by atoms with Crippen molar-refractivity contribution in [3.8, 4) is 0 Å². The van der Waals surface area contributed by atoms with Gasteiger partial charge in [0.05, 0.1) is 16.8 Å². The Morgan fingerprint density at radius 3 is 2.67 bits per heavy atom. The zero-order valence-electron chi connectivity index (χ0n) is 11.2. The fourth-order valence-corrected chi connectivity index (χ4v) is 3.43. The molecule has 0 atom stereocenters. The minimum absolute atomic E-state index is 0.459. The Balaban J connectivity index is 1.69. The van der Waals surface area contributed by atoms with Gasteiger partial charge in [0.2, 0.25) is 0 Å². The van der Waals surface area contributed by atoms with E-state index in [9.17, 15) is 5.11 Å². The second-order valence-electron chi connectivity index (χ2n) is 5.43. The minimum atomic E-state index is -0.459. The summed E-state index contributed by atoms with van der Waals surface area (Å²) in [5.74, 6) is 0. The number of hydrogen-bond donors (Lipinski definition) is 2. The van der Waals surface area contributed by atoms with Crippen molar-refractivity contribution in [3.63, 3.8) is 0 Å². The molecule has 0 amide bonds. The molecule has 1 aliphatic carbocycles. The van der Waals surface area contributed by atoms with E-state index < -0.39 is 5.60 Å². The highest BCUT2D eigenvalue weighted by Gasteiger charge is 2.27. The van der Waals surface area contributed by atoms with Gasteiger partial charge in [-0.2, -0.15) is 0 Å². The van der Waals surface area contributed by atoms with Crippen LogP contribution in [-0.4, -0.2) is 28.8 Å². The van der Waals surface area contributed by atoms with Crippen LogP contribution in [0.25, 0.3) is 0 Å². The molecule has 3 nitrogen and oxygen atoms in total. The van der Waals surface area contributed by atoms with Crippen LogP contribution in [0.1, 0.15) is 49.1 Å². The van der Waals surface area contributed by atoms with Crippen molar-refractivity contribution in [1.29, 1.82) is 0 Å². The van der Waals surface area contributed by atoms with E-state index in [1.165, 1.54) is 30.6 Å². The maximum absolute atomic E-state index is 10.5. The van der Waals surface area contributed by atoms with Crippen LogP contribution < -0.4 is 5.32 Å². The summed E-state index contributed by atoms with van der Waals surface area (Å²) in [5.41, 5.74) is 2.60. The number of aliphatic hydroxyl groups is 1. The largest absolute Gasteiger partial charge is 0.389 e. The van der Waals surface area contributed by atoms with Gasteiger partial charge in [-0.05, 0) is 26.2 Å². The third-order valence-corrected chi connectivity index (χ3v) is 4.86. The Morgan fingerprint density at radius 1 is 1.33 bits per heavy atom. The summed E-state index contributed by atoms with van der Waals surface area (Å²) < 4.78 is 0. The predicted octanol–water partition coefficient (Wildman–Crippen LogP) is 2.67. The zero-order chi connectivity index (χ0) is 12.8. The summed E-state index contributed by atoms with van der Waals surface area (Å²) in [6.45, 7) is 3.74. The van der Waals surface area contributed by atoms with Crippen LogP contribution >= 0.6 is 11.3 Å². The molecule has 2 N–H and O–H groups in total. The Hall–Kier alpha value is -0.450. The first-order chi connectivity index (χ1) is 8.70. The summed E-state index contributed by atoms with van der Waals surface area (Å²) in [7, 11) is 0. The average Bonchev–Trinajstić information content (AvgIpc) is 2.62. The average molecular weight is 268 g/mol. The van der Waals surface area contributed by atoms with Gasteiger partial charge in [0.1, 0.15) is 0 Å². The van der Waals surface area contributed by atoms with Crippen molar-refractivity contribution in [2.75, 3.05) is 13.1 Å².